The predicted molar refractivity (Wildman–Crippen MR) is 90.4 cm³/mol. The van der Waals surface area contributed by atoms with Crippen LogP contribution in [-0.4, -0.2) is 40.9 Å². The second kappa shape index (κ2) is 6.75. The summed E-state index contributed by atoms with van der Waals surface area (Å²) in [5, 5.41) is 5.98. The summed E-state index contributed by atoms with van der Waals surface area (Å²) in [5.74, 6) is -0.0305. The van der Waals surface area contributed by atoms with Crippen LogP contribution < -0.4 is 10.6 Å². The first-order chi connectivity index (χ1) is 11.2. The van der Waals surface area contributed by atoms with Gasteiger partial charge in [-0.15, -0.1) is 0 Å². The number of rotatable bonds is 4. The van der Waals surface area contributed by atoms with Crippen molar-refractivity contribution in [3.05, 3.63) is 47.5 Å². The van der Waals surface area contributed by atoms with E-state index >= 15 is 0 Å². The number of aromatic nitrogens is 2. The molecule has 0 radical (unpaired) electrons. The lowest BCUT2D eigenvalue weighted by atomic mass is 10.1. The van der Waals surface area contributed by atoms with Gasteiger partial charge in [-0.3, -0.25) is 19.7 Å². The molecule has 23 heavy (non-hydrogen) atoms. The molecule has 0 spiro atoms. The minimum Gasteiger partial charge on any atom is -0.387 e. The molecule has 2 aromatic heterocycles. The molecular formula is C17H21N5O. The first-order valence-corrected chi connectivity index (χ1v) is 7.75. The third-order valence-corrected chi connectivity index (χ3v) is 4.06. The van der Waals surface area contributed by atoms with E-state index in [4.69, 9.17) is 0 Å². The van der Waals surface area contributed by atoms with Gasteiger partial charge in [0.15, 0.2) is 0 Å². The molecule has 3 rings (SSSR count). The largest absolute Gasteiger partial charge is 0.387 e. The maximum atomic E-state index is 12.3. The van der Waals surface area contributed by atoms with Crippen molar-refractivity contribution in [2.45, 2.75) is 19.9 Å². The predicted octanol–water partition coefficient (Wildman–Crippen LogP) is 1.82. The molecule has 0 aliphatic carbocycles. The Kier molecular flexibility index (Phi) is 4.52. The van der Waals surface area contributed by atoms with Crippen LogP contribution in [0.4, 0.5) is 11.4 Å². The van der Waals surface area contributed by atoms with Crippen LogP contribution in [0.15, 0.2) is 30.6 Å². The second-order valence-electron chi connectivity index (χ2n) is 5.73. The van der Waals surface area contributed by atoms with E-state index in [1.165, 1.54) is 5.56 Å². The van der Waals surface area contributed by atoms with E-state index in [1.54, 1.807) is 12.4 Å². The minimum absolute atomic E-state index is 0.0305. The van der Waals surface area contributed by atoms with Gasteiger partial charge in [0.25, 0.3) is 0 Å². The van der Waals surface area contributed by atoms with Gasteiger partial charge in [0.2, 0.25) is 5.91 Å². The van der Waals surface area contributed by atoms with E-state index < -0.39 is 0 Å². The lowest BCUT2D eigenvalue weighted by Gasteiger charge is -2.27. The monoisotopic (exact) mass is 311 g/mol. The first kappa shape index (κ1) is 15.4. The summed E-state index contributed by atoms with van der Waals surface area (Å²) in [4.78, 5) is 23.1. The van der Waals surface area contributed by atoms with Crippen LogP contribution in [0.5, 0.6) is 0 Å². The lowest BCUT2D eigenvalue weighted by molar-refractivity contribution is -0.117. The quantitative estimate of drug-likeness (QED) is 0.901. The Morgan fingerprint density at radius 1 is 1.39 bits per heavy atom. The van der Waals surface area contributed by atoms with Crippen LogP contribution >= 0.6 is 0 Å². The molecule has 0 atom stereocenters. The summed E-state index contributed by atoms with van der Waals surface area (Å²) < 4.78 is 0. The molecule has 0 saturated carbocycles. The summed E-state index contributed by atoms with van der Waals surface area (Å²) in [6, 6.07) is 5.97. The standard InChI is InChI=1S/C17H21N5O/c1-12-15(18-2)8-14(9-20-12)21-17(23)11-22-7-5-13-4-3-6-19-16(13)10-22/h3-4,6,8-9,18H,5,7,10-11H2,1-2H3,(H,21,23). The molecule has 3 heterocycles. The molecule has 0 saturated heterocycles. The fourth-order valence-electron chi connectivity index (χ4n) is 2.80. The van der Waals surface area contributed by atoms with Crippen LogP contribution in [0.2, 0.25) is 0 Å². The molecule has 0 unspecified atom stereocenters. The first-order valence-electron chi connectivity index (χ1n) is 7.75. The molecule has 1 aliphatic heterocycles. The number of anilines is 2. The maximum Gasteiger partial charge on any atom is 0.238 e. The zero-order valence-corrected chi connectivity index (χ0v) is 13.5. The summed E-state index contributed by atoms with van der Waals surface area (Å²) in [5.41, 5.74) is 4.88. The number of nitrogens with zero attached hydrogens (tertiary/aromatic N) is 3. The van der Waals surface area contributed by atoms with Crippen molar-refractivity contribution in [1.82, 2.24) is 14.9 Å². The number of carbonyl (C=O) groups excluding carboxylic acids is 1. The van der Waals surface area contributed by atoms with Crippen LogP contribution in [0.25, 0.3) is 0 Å². The Morgan fingerprint density at radius 3 is 3.09 bits per heavy atom. The highest BCUT2D eigenvalue weighted by molar-refractivity contribution is 5.92. The Labute approximate surface area is 135 Å². The van der Waals surface area contributed by atoms with Crippen LogP contribution in [0, 0.1) is 6.92 Å². The lowest BCUT2D eigenvalue weighted by Crippen LogP contribution is -2.37. The van der Waals surface area contributed by atoms with Crippen molar-refractivity contribution in [1.29, 1.82) is 0 Å². The van der Waals surface area contributed by atoms with E-state index in [0.717, 1.165) is 36.6 Å². The third-order valence-electron chi connectivity index (χ3n) is 4.06. The number of amides is 1. The molecule has 1 amide bonds. The van der Waals surface area contributed by atoms with Gasteiger partial charge in [0.05, 0.1) is 35.5 Å². The van der Waals surface area contributed by atoms with Crippen molar-refractivity contribution in [2.24, 2.45) is 0 Å². The maximum absolute atomic E-state index is 12.3. The van der Waals surface area contributed by atoms with Crippen LogP contribution in [-0.2, 0) is 17.8 Å². The van der Waals surface area contributed by atoms with Gasteiger partial charge in [-0.2, -0.15) is 0 Å². The second-order valence-corrected chi connectivity index (χ2v) is 5.73. The highest BCUT2D eigenvalue weighted by Gasteiger charge is 2.19. The fourth-order valence-corrected chi connectivity index (χ4v) is 2.80. The third kappa shape index (κ3) is 3.65. The minimum atomic E-state index is -0.0305. The average molecular weight is 311 g/mol. The Hall–Kier alpha value is -2.47. The van der Waals surface area contributed by atoms with Gasteiger partial charge < -0.3 is 10.6 Å². The molecule has 6 heteroatoms. The van der Waals surface area contributed by atoms with E-state index in [-0.39, 0.29) is 5.91 Å². The molecule has 2 N–H and O–H groups in total. The van der Waals surface area contributed by atoms with E-state index in [2.05, 4.69) is 31.6 Å². The summed E-state index contributed by atoms with van der Waals surface area (Å²) in [6.07, 6.45) is 4.42. The van der Waals surface area contributed by atoms with Gasteiger partial charge in [-0.1, -0.05) is 6.07 Å². The van der Waals surface area contributed by atoms with Gasteiger partial charge in [-0.05, 0) is 31.0 Å². The summed E-state index contributed by atoms with van der Waals surface area (Å²) in [6.45, 7) is 3.88. The molecule has 0 bridgehead atoms. The number of carbonyl (C=O) groups is 1. The Morgan fingerprint density at radius 2 is 2.26 bits per heavy atom. The van der Waals surface area contributed by atoms with Crippen molar-refractivity contribution in [2.75, 3.05) is 30.8 Å². The van der Waals surface area contributed by atoms with Crippen molar-refractivity contribution in [3.63, 3.8) is 0 Å². The van der Waals surface area contributed by atoms with Crippen LogP contribution in [0.3, 0.4) is 0 Å². The number of pyridine rings is 2. The Balaban J connectivity index is 1.60. The fraction of sp³-hybridized carbons (Fsp3) is 0.353. The normalized spacial score (nSPS) is 14.2. The van der Waals surface area contributed by atoms with Crippen LogP contribution in [0.1, 0.15) is 17.0 Å². The molecular weight excluding hydrogens is 290 g/mol. The smallest absolute Gasteiger partial charge is 0.238 e. The van der Waals surface area contributed by atoms with Gasteiger partial charge in [0, 0.05) is 26.3 Å². The van der Waals surface area contributed by atoms with E-state index in [9.17, 15) is 4.79 Å². The summed E-state index contributed by atoms with van der Waals surface area (Å²) in [7, 11) is 1.84. The zero-order chi connectivity index (χ0) is 16.2. The topological polar surface area (TPSA) is 70.2 Å². The molecule has 6 nitrogen and oxygen atoms in total. The molecule has 2 aromatic rings. The number of nitrogens with one attached hydrogen (secondary N) is 2. The number of fused-ring (bicyclic) bond motifs is 1. The Bertz CT molecular complexity index is 716. The van der Waals surface area contributed by atoms with E-state index in [0.29, 0.717) is 12.2 Å². The van der Waals surface area contributed by atoms with Gasteiger partial charge in [-0.25, -0.2) is 0 Å². The van der Waals surface area contributed by atoms with Gasteiger partial charge >= 0.3 is 0 Å². The van der Waals surface area contributed by atoms with Gasteiger partial charge in [0.1, 0.15) is 0 Å². The van der Waals surface area contributed by atoms with Crippen molar-refractivity contribution >= 4 is 17.3 Å². The van der Waals surface area contributed by atoms with Crippen molar-refractivity contribution in [3.8, 4) is 0 Å². The highest BCUT2D eigenvalue weighted by atomic mass is 16.2. The molecule has 1 aliphatic rings. The number of hydrogen-bond acceptors (Lipinski definition) is 5. The summed E-state index contributed by atoms with van der Waals surface area (Å²) >= 11 is 0. The zero-order valence-electron chi connectivity index (χ0n) is 13.5. The highest BCUT2D eigenvalue weighted by Crippen LogP contribution is 2.18. The molecule has 0 aromatic carbocycles. The molecule has 120 valence electrons. The van der Waals surface area contributed by atoms with E-state index in [1.807, 2.05) is 26.1 Å². The number of aryl methyl sites for hydroxylation is 1. The average Bonchev–Trinajstić information content (AvgIpc) is 2.56. The molecule has 0 fully saturated rings. The van der Waals surface area contributed by atoms with Crippen molar-refractivity contribution < 1.29 is 4.79 Å². The SMILES string of the molecule is CNc1cc(NC(=O)CN2CCc3cccnc3C2)cnc1C. The number of hydrogen-bond donors (Lipinski definition) is 2.